The first-order chi connectivity index (χ1) is 10.9. The van der Waals surface area contributed by atoms with Gasteiger partial charge in [-0.1, -0.05) is 12.5 Å². The third-order valence-electron chi connectivity index (χ3n) is 3.75. The molecule has 0 aliphatic heterocycles. The number of guanidine groups is 1. The van der Waals surface area contributed by atoms with Gasteiger partial charge in [-0.05, 0) is 32.6 Å². The molecule has 0 aromatic heterocycles. The summed E-state index contributed by atoms with van der Waals surface area (Å²) in [7, 11) is 2.34. The third-order valence-corrected chi connectivity index (χ3v) is 5.61. The maximum absolute atomic E-state index is 11.7. The molecule has 0 heterocycles. The van der Waals surface area contributed by atoms with E-state index in [-0.39, 0.29) is 5.75 Å². The highest BCUT2D eigenvalue weighted by Gasteiger charge is 2.14. The van der Waals surface area contributed by atoms with Gasteiger partial charge in [-0.15, -0.1) is 6.58 Å². The molecule has 1 N–H and O–H groups in total. The van der Waals surface area contributed by atoms with Crippen LogP contribution in [0.3, 0.4) is 0 Å². The van der Waals surface area contributed by atoms with E-state index in [0.717, 1.165) is 31.8 Å². The SMILES string of the molecule is C=CCCCCCN(C)C(=NC)NCCCN(C)S(=O)(=O)CC. The number of allylic oxidation sites excluding steroid dienone is 1. The van der Waals surface area contributed by atoms with Crippen molar-refractivity contribution < 1.29 is 8.42 Å². The van der Waals surface area contributed by atoms with Crippen LogP contribution >= 0.6 is 0 Å². The Kier molecular flexibility index (Phi) is 11.8. The van der Waals surface area contributed by atoms with Gasteiger partial charge >= 0.3 is 0 Å². The van der Waals surface area contributed by atoms with Crippen molar-refractivity contribution in [3.05, 3.63) is 12.7 Å². The fourth-order valence-corrected chi connectivity index (χ4v) is 3.01. The van der Waals surface area contributed by atoms with E-state index in [2.05, 4.69) is 21.8 Å². The molecule has 6 nitrogen and oxygen atoms in total. The van der Waals surface area contributed by atoms with Gasteiger partial charge in [-0.2, -0.15) is 0 Å². The second-order valence-corrected chi connectivity index (χ2v) is 7.97. The second kappa shape index (κ2) is 12.4. The Morgan fingerprint density at radius 3 is 2.43 bits per heavy atom. The van der Waals surface area contributed by atoms with Crippen molar-refractivity contribution in [2.24, 2.45) is 4.99 Å². The van der Waals surface area contributed by atoms with Crippen LogP contribution in [0.5, 0.6) is 0 Å². The summed E-state index contributed by atoms with van der Waals surface area (Å²) >= 11 is 0. The zero-order chi connectivity index (χ0) is 17.7. The van der Waals surface area contributed by atoms with E-state index in [1.165, 1.54) is 17.1 Å². The van der Waals surface area contributed by atoms with Gasteiger partial charge in [0, 0.05) is 40.8 Å². The van der Waals surface area contributed by atoms with E-state index < -0.39 is 10.0 Å². The number of hydrogen-bond acceptors (Lipinski definition) is 3. The lowest BCUT2D eigenvalue weighted by Crippen LogP contribution is -2.40. The molecule has 0 saturated carbocycles. The van der Waals surface area contributed by atoms with Crippen LogP contribution in [0.25, 0.3) is 0 Å². The summed E-state index contributed by atoms with van der Waals surface area (Å²) in [4.78, 5) is 6.38. The van der Waals surface area contributed by atoms with Gasteiger partial charge in [-0.25, -0.2) is 12.7 Å². The van der Waals surface area contributed by atoms with Crippen LogP contribution in [-0.2, 0) is 10.0 Å². The monoisotopic (exact) mass is 346 g/mol. The number of nitrogens with zero attached hydrogens (tertiary/aromatic N) is 3. The number of nitrogens with one attached hydrogen (secondary N) is 1. The lowest BCUT2D eigenvalue weighted by atomic mass is 10.2. The van der Waals surface area contributed by atoms with Crippen LogP contribution in [0.4, 0.5) is 0 Å². The van der Waals surface area contributed by atoms with E-state index in [1.54, 1.807) is 21.0 Å². The molecule has 0 unspecified atom stereocenters. The number of aliphatic imine (C=N–C) groups is 1. The molecule has 23 heavy (non-hydrogen) atoms. The first-order valence-electron chi connectivity index (χ1n) is 8.35. The lowest BCUT2D eigenvalue weighted by molar-refractivity contribution is 0.442. The number of unbranched alkanes of at least 4 members (excludes halogenated alkanes) is 3. The van der Waals surface area contributed by atoms with Crippen LogP contribution in [0.15, 0.2) is 17.6 Å². The van der Waals surface area contributed by atoms with Crippen LogP contribution in [0.1, 0.15) is 39.0 Å². The first kappa shape index (κ1) is 21.9. The van der Waals surface area contributed by atoms with Gasteiger partial charge < -0.3 is 10.2 Å². The molecule has 0 radical (unpaired) electrons. The molecule has 0 fully saturated rings. The Balaban J connectivity index is 3.99. The van der Waals surface area contributed by atoms with Gasteiger partial charge in [-0.3, -0.25) is 4.99 Å². The van der Waals surface area contributed by atoms with Gasteiger partial charge in [0.15, 0.2) is 5.96 Å². The van der Waals surface area contributed by atoms with Crippen molar-refractivity contribution in [3.63, 3.8) is 0 Å². The maximum Gasteiger partial charge on any atom is 0.213 e. The Bertz CT molecular complexity index is 449. The first-order valence-corrected chi connectivity index (χ1v) is 9.96. The van der Waals surface area contributed by atoms with E-state index in [9.17, 15) is 8.42 Å². The molecule has 0 aliphatic rings. The molecule has 0 aromatic rings. The van der Waals surface area contributed by atoms with Crippen molar-refractivity contribution in [1.82, 2.24) is 14.5 Å². The molecule has 0 aromatic carbocycles. The van der Waals surface area contributed by atoms with Gasteiger partial charge in [0.1, 0.15) is 0 Å². The Morgan fingerprint density at radius 2 is 1.87 bits per heavy atom. The highest BCUT2D eigenvalue weighted by molar-refractivity contribution is 7.89. The summed E-state index contributed by atoms with van der Waals surface area (Å²) in [6.45, 7) is 7.58. The minimum absolute atomic E-state index is 0.146. The third kappa shape index (κ3) is 9.61. The van der Waals surface area contributed by atoms with Crippen LogP contribution in [-0.4, -0.2) is 70.1 Å². The molecule has 7 heteroatoms. The van der Waals surface area contributed by atoms with Crippen LogP contribution in [0, 0.1) is 0 Å². The number of rotatable bonds is 12. The average Bonchev–Trinajstić information content (AvgIpc) is 2.54. The van der Waals surface area contributed by atoms with Crippen LogP contribution in [0.2, 0.25) is 0 Å². The summed E-state index contributed by atoms with van der Waals surface area (Å²) in [6.07, 6.45) is 7.28. The van der Waals surface area contributed by atoms with Crippen molar-refractivity contribution >= 4 is 16.0 Å². The van der Waals surface area contributed by atoms with Crippen LogP contribution < -0.4 is 5.32 Å². The molecule has 0 bridgehead atoms. The smallest absolute Gasteiger partial charge is 0.213 e. The standard InChI is InChI=1S/C16H34N4O2S/c1-6-8-9-10-11-14-19(4)16(17-3)18-13-12-15-20(5)23(21,22)7-2/h6H,1,7-15H2,2-5H3,(H,17,18). The second-order valence-electron chi connectivity index (χ2n) is 5.61. The molecular weight excluding hydrogens is 312 g/mol. The molecule has 0 saturated heterocycles. The summed E-state index contributed by atoms with van der Waals surface area (Å²) in [5.74, 6) is 1.00. The van der Waals surface area contributed by atoms with E-state index in [0.29, 0.717) is 13.1 Å². The molecular formula is C16H34N4O2S. The summed E-state index contributed by atoms with van der Waals surface area (Å²) in [5, 5.41) is 3.28. The molecule has 0 aliphatic carbocycles. The number of sulfonamides is 1. The lowest BCUT2D eigenvalue weighted by Gasteiger charge is -2.22. The van der Waals surface area contributed by atoms with Gasteiger partial charge in [0.2, 0.25) is 10.0 Å². The van der Waals surface area contributed by atoms with E-state index in [1.807, 2.05) is 13.1 Å². The summed E-state index contributed by atoms with van der Waals surface area (Å²) in [6, 6.07) is 0. The van der Waals surface area contributed by atoms with Gasteiger partial charge in [0.25, 0.3) is 0 Å². The largest absolute Gasteiger partial charge is 0.356 e. The number of hydrogen-bond donors (Lipinski definition) is 1. The van der Waals surface area contributed by atoms with Crippen molar-refractivity contribution in [1.29, 1.82) is 0 Å². The topological polar surface area (TPSA) is 65.0 Å². The fourth-order valence-electron chi connectivity index (χ4n) is 2.17. The summed E-state index contributed by atoms with van der Waals surface area (Å²) in [5.41, 5.74) is 0. The fraction of sp³-hybridized carbons (Fsp3) is 0.812. The minimum atomic E-state index is -3.08. The normalized spacial score (nSPS) is 12.5. The van der Waals surface area contributed by atoms with Gasteiger partial charge in [0.05, 0.1) is 5.75 Å². The average molecular weight is 347 g/mol. The quantitative estimate of drug-likeness (QED) is 0.254. The zero-order valence-electron chi connectivity index (χ0n) is 15.2. The zero-order valence-corrected chi connectivity index (χ0v) is 16.0. The molecule has 0 rings (SSSR count). The highest BCUT2D eigenvalue weighted by Crippen LogP contribution is 2.02. The minimum Gasteiger partial charge on any atom is -0.356 e. The Hall–Kier alpha value is -1.08. The Morgan fingerprint density at radius 1 is 1.17 bits per heavy atom. The molecule has 0 atom stereocenters. The Labute approximate surface area is 142 Å². The predicted molar refractivity (Wildman–Crippen MR) is 99.4 cm³/mol. The summed E-state index contributed by atoms with van der Waals surface area (Å²) < 4.78 is 24.7. The van der Waals surface area contributed by atoms with Crippen molar-refractivity contribution in [3.8, 4) is 0 Å². The predicted octanol–water partition coefficient (Wildman–Crippen LogP) is 1.91. The maximum atomic E-state index is 11.7. The molecule has 0 spiro atoms. The molecule has 136 valence electrons. The van der Waals surface area contributed by atoms with E-state index in [4.69, 9.17) is 0 Å². The molecule has 0 amide bonds. The van der Waals surface area contributed by atoms with Crippen molar-refractivity contribution in [2.75, 3.05) is 46.5 Å². The highest BCUT2D eigenvalue weighted by atomic mass is 32.2. The van der Waals surface area contributed by atoms with Crippen molar-refractivity contribution in [2.45, 2.75) is 39.0 Å². The van der Waals surface area contributed by atoms with E-state index >= 15 is 0 Å².